The number of carboxylic acids is 1. The average Bonchev–Trinajstić information content (AvgIpc) is 3.33. The zero-order valence-electron chi connectivity index (χ0n) is 23.2. The highest BCUT2D eigenvalue weighted by Crippen LogP contribution is 2.44. The number of benzene rings is 3. The van der Waals surface area contributed by atoms with Crippen LogP contribution in [0.5, 0.6) is 0 Å². The minimum Gasteiger partial charge on any atom is -0.481 e. The number of aliphatic carboxylic acids is 1. The molecular formula is C33H34N2O7. The number of ether oxygens (including phenoxy) is 2. The molecule has 0 saturated heterocycles. The summed E-state index contributed by atoms with van der Waals surface area (Å²) in [6.07, 6.45) is 0.876. The molecule has 0 aliphatic heterocycles. The summed E-state index contributed by atoms with van der Waals surface area (Å²) in [5.41, 5.74) is 5.07. The summed E-state index contributed by atoms with van der Waals surface area (Å²) in [6.45, 7) is 0.0808. The van der Waals surface area contributed by atoms with Crippen LogP contribution in [0.1, 0.15) is 54.7 Å². The van der Waals surface area contributed by atoms with Crippen molar-refractivity contribution < 1.29 is 33.8 Å². The van der Waals surface area contributed by atoms with Crippen LogP contribution in [0.4, 0.5) is 4.79 Å². The fraction of sp³-hybridized carbons (Fsp3) is 0.333. The van der Waals surface area contributed by atoms with Crippen molar-refractivity contribution in [2.75, 3.05) is 6.61 Å². The molecule has 3 aromatic carbocycles. The van der Waals surface area contributed by atoms with Crippen LogP contribution in [0, 0.1) is 5.92 Å². The first-order chi connectivity index (χ1) is 20.4. The van der Waals surface area contributed by atoms with Gasteiger partial charge < -0.3 is 25.2 Å². The summed E-state index contributed by atoms with van der Waals surface area (Å²) in [6, 6.07) is 23.4. The predicted octanol–water partition coefficient (Wildman–Crippen LogP) is 4.79. The van der Waals surface area contributed by atoms with E-state index in [4.69, 9.17) is 9.47 Å². The number of amides is 2. The Kier molecular flexibility index (Phi) is 9.16. The van der Waals surface area contributed by atoms with Crippen molar-refractivity contribution in [1.29, 1.82) is 0 Å². The average molecular weight is 571 g/mol. The second-order valence-electron chi connectivity index (χ2n) is 10.8. The Morgan fingerprint density at radius 1 is 0.833 bits per heavy atom. The maximum atomic E-state index is 13.3. The molecule has 2 aliphatic rings. The van der Waals surface area contributed by atoms with E-state index < -0.39 is 42.3 Å². The zero-order chi connectivity index (χ0) is 29.5. The number of alkyl carbamates (subject to hydrolysis) is 1. The van der Waals surface area contributed by atoms with Gasteiger partial charge in [-0.15, -0.1) is 0 Å². The van der Waals surface area contributed by atoms with Crippen molar-refractivity contribution in [2.45, 2.75) is 56.7 Å². The standard InChI is InChI=1S/C33H34N2O7/c36-30(41-19-21-9-2-1-3-10-21)18-29(31(37)34-23-12-8-11-22(17-23)32(38)39)35-33(40)42-20-28-26-15-6-4-13-24(26)25-14-5-7-16-27(25)28/h1-7,9-10,13-16,22-23,28-29H,8,11-12,17-20H2,(H,34,37)(H,35,40)(H,38,39)/t22?,23?,29-/m0/s1. The van der Waals surface area contributed by atoms with Crippen molar-refractivity contribution in [3.8, 4) is 11.1 Å². The number of nitrogens with one attached hydrogen (secondary N) is 2. The number of hydrogen-bond acceptors (Lipinski definition) is 6. The van der Waals surface area contributed by atoms with E-state index in [1.165, 1.54) is 0 Å². The number of hydrogen-bond donors (Lipinski definition) is 3. The number of carbonyl (C=O) groups excluding carboxylic acids is 3. The zero-order valence-corrected chi connectivity index (χ0v) is 23.2. The van der Waals surface area contributed by atoms with E-state index in [9.17, 15) is 24.3 Å². The van der Waals surface area contributed by atoms with Gasteiger partial charge in [0.1, 0.15) is 19.3 Å². The highest BCUT2D eigenvalue weighted by molar-refractivity contribution is 5.90. The molecule has 2 amide bonds. The van der Waals surface area contributed by atoms with Crippen LogP contribution in [0.25, 0.3) is 11.1 Å². The molecular weight excluding hydrogens is 536 g/mol. The lowest BCUT2D eigenvalue weighted by Crippen LogP contribution is -2.51. The molecule has 1 fully saturated rings. The van der Waals surface area contributed by atoms with E-state index in [0.717, 1.165) is 27.8 Å². The Balaban J connectivity index is 1.23. The van der Waals surface area contributed by atoms with Gasteiger partial charge in [-0.1, -0.05) is 85.3 Å². The van der Waals surface area contributed by atoms with E-state index in [1.807, 2.05) is 78.9 Å². The molecule has 0 radical (unpaired) electrons. The van der Waals surface area contributed by atoms with Crippen LogP contribution in [-0.2, 0) is 30.5 Å². The number of rotatable bonds is 10. The van der Waals surface area contributed by atoms with Crippen molar-refractivity contribution in [3.05, 3.63) is 95.6 Å². The first kappa shape index (κ1) is 28.9. The van der Waals surface area contributed by atoms with Gasteiger partial charge in [-0.25, -0.2) is 4.79 Å². The summed E-state index contributed by atoms with van der Waals surface area (Å²) in [5, 5.41) is 14.8. The highest BCUT2D eigenvalue weighted by atomic mass is 16.5. The minimum atomic E-state index is -1.26. The SMILES string of the molecule is O=C(C[C@H](NC(=O)OCC1c2ccccc2-c2ccccc21)C(=O)NC1CCCC(C(=O)O)C1)OCc1ccccc1. The highest BCUT2D eigenvalue weighted by Gasteiger charge is 2.33. The Morgan fingerprint density at radius 3 is 2.14 bits per heavy atom. The molecule has 2 unspecified atom stereocenters. The van der Waals surface area contributed by atoms with Crippen LogP contribution in [0.3, 0.4) is 0 Å². The molecule has 5 rings (SSSR count). The molecule has 1 saturated carbocycles. The summed E-state index contributed by atoms with van der Waals surface area (Å²) >= 11 is 0. The molecule has 9 nitrogen and oxygen atoms in total. The maximum Gasteiger partial charge on any atom is 0.407 e. The number of fused-ring (bicyclic) bond motifs is 3. The van der Waals surface area contributed by atoms with Crippen LogP contribution < -0.4 is 10.6 Å². The predicted molar refractivity (Wildman–Crippen MR) is 154 cm³/mol. The minimum absolute atomic E-state index is 0.0296. The third-order valence-corrected chi connectivity index (χ3v) is 7.94. The number of carbonyl (C=O) groups is 4. The van der Waals surface area contributed by atoms with Crippen LogP contribution >= 0.6 is 0 Å². The second kappa shape index (κ2) is 13.3. The molecule has 0 spiro atoms. The Hall–Kier alpha value is -4.66. The van der Waals surface area contributed by atoms with Gasteiger partial charge >= 0.3 is 18.0 Å². The van der Waals surface area contributed by atoms with E-state index in [-0.39, 0.29) is 31.6 Å². The van der Waals surface area contributed by atoms with Gasteiger partial charge in [-0.05, 0) is 47.1 Å². The van der Waals surface area contributed by atoms with Crippen molar-refractivity contribution >= 4 is 23.9 Å². The van der Waals surface area contributed by atoms with Gasteiger partial charge in [0, 0.05) is 12.0 Å². The van der Waals surface area contributed by atoms with E-state index in [1.54, 1.807) is 0 Å². The normalized spacial score (nSPS) is 18.2. The first-order valence-corrected chi connectivity index (χ1v) is 14.2. The lowest BCUT2D eigenvalue weighted by Gasteiger charge is -2.29. The van der Waals surface area contributed by atoms with Gasteiger partial charge in [-0.2, -0.15) is 0 Å². The number of esters is 1. The molecule has 42 heavy (non-hydrogen) atoms. The lowest BCUT2D eigenvalue weighted by molar-refractivity contribution is -0.147. The Labute approximate surface area is 244 Å². The third-order valence-electron chi connectivity index (χ3n) is 7.94. The van der Waals surface area contributed by atoms with E-state index in [2.05, 4.69) is 10.6 Å². The summed E-state index contributed by atoms with van der Waals surface area (Å²) in [5.74, 6) is -2.86. The molecule has 218 valence electrons. The molecule has 0 heterocycles. The largest absolute Gasteiger partial charge is 0.481 e. The van der Waals surface area contributed by atoms with E-state index >= 15 is 0 Å². The molecule has 0 bridgehead atoms. The van der Waals surface area contributed by atoms with Gasteiger partial charge in [0.2, 0.25) is 5.91 Å². The fourth-order valence-electron chi connectivity index (χ4n) is 5.80. The quantitative estimate of drug-likeness (QED) is 0.299. The van der Waals surface area contributed by atoms with Gasteiger partial charge in [0.25, 0.3) is 0 Å². The van der Waals surface area contributed by atoms with Gasteiger partial charge in [0.05, 0.1) is 12.3 Å². The van der Waals surface area contributed by atoms with E-state index in [0.29, 0.717) is 19.3 Å². The molecule has 0 aromatic heterocycles. The third kappa shape index (κ3) is 6.97. The lowest BCUT2D eigenvalue weighted by atomic mass is 9.85. The molecule has 3 aromatic rings. The van der Waals surface area contributed by atoms with Crippen molar-refractivity contribution in [1.82, 2.24) is 10.6 Å². The summed E-state index contributed by atoms with van der Waals surface area (Å²) < 4.78 is 11.0. The monoisotopic (exact) mass is 570 g/mol. The number of carboxylic acid groups (broad SMARTS) is 1. The van der Waals surface area contributed by atoms with Gasteiger partial charge in [0.15, 0.2) is 0 Å². The summed E-state index contributed by atoms with van der Waals surface area (Å²) in [7, 11) is 0. The molecule has 3 atom stereocenters. The van der Waals surface area contributed by atoms with Crippen LogP contribution in [0.2, 0.25) is 0 Å². The van der Waals surface area contributed by atoms with Crippen molar-refractivity contribution in [2.24, 2.45) is 5.92 Å². The van der Waals surface area contributed by atoms with Gasteiger partial charge in [-0.3, -0.25) is 14.4 Å². The summed E-state index contributed by atoms with van der Waals surface area (Å²) in [4.78, 5) is 50.5. The Bertz CT molecular complexity index is 1400. The fourth-order valence-corrected chi connectivity index (χ4v) is 5.80. The van der Waals surface area contributed by atoms with Crippen LogP contribution in [-0.4, -0.2) is 47.7 Å². The molecule has 9 heteroatoms. The molecule has 3 N–H and O–H groups in total. The van der Waals surface area contributed by atoms with Crippen molar-refractivity contribution in [3.63, 3.8) is 0 Å². The topological polar surface area (TPSA) is 131 Å². The second-order valence-corrected chi connectivity index (χ2v) is 10.8. The van der Waals surface area contributed by atoms with Crippen LogP contribution in [0.15, 0.2) is 78.9 Å². The Morgan fingerprint density at radius 2 is 1.48 bits per heavy atom. The smallest absolute Gasteiger partial charge is 0.407 e. The molecule has 2 aliphatic carbocycles. The first-order valence-electron chi connectivity index (χ1n) is 14.2. The maximum absolute atomic E-state index is 13.3.